The normalized spacial score (nSPS) is 11.8. The van der Waals surface area contributed by atoms with Crippen LogP contribution >= 0.6 is 0 Å². The maximum Gasteiger partial charge on any atom is 0.273 e. The number of hydrogen-bond acceptors (Lipinski definition) is 4. The molecule has 0 aliphatic heterocycles. The van der Waals surface area contributed by atoms with Crippen LogP contribution in [0.5, 0.6) is 5.75 Å². The van der Waals surface area contributed by atoms with Gasteiger partial charge in [-0.3, -0.25) is 10.1 Å². The summed E-state index contributed by atoms with van der Waals surface area (Å²) in [5.41, 5.74) is 0.853. The van der Waals surface area contributed by atoms with Crippen LogP contribution in [0.4, 0.5) is 5.69 Å². The van der Waals surface area contributed by atoms with Crippen molar-refractivity contribution in [2.45, 2.75) is 13.2 Å². The Morgan fingerprint density at radius 2 is 1.90 bits per heavy atom. The van der Waals surface area contributed by atoms with Gasteiger partial charge in [0, 0.05) is 18.2 Å². The monoisotopic (exact) mass is 273 g/mol. The Balaban J connectivity index is 2.20. The first-order chi connectivity index (χ1) is 9.70. The first-order valence-corrected chi connectivity index (χ1v) is 6.28. The van der Waals surface area contributed by atoms with E-state index in [9.17, 15) is 10.1 Å². The van der Waals surface area contributed by atoms with Gasteiger partial charge in [-0.2, -0.15) is 0 Å². The number of nitro benzene ring substituents is 1. The Bertz CT molecular complexity index is 571. The molecule has 0 amide bonds. The highest BCUT2D eigenvalue weighted by atomic mass is 16.7. The fourth-order valence-corrected chi connectivity index (χ4v) is 1.75. The van der Waals surface area contributed by atoms with Gasteiger partial charge in [-0.05, 0) is 13.0 Å². The quantitative estimate of drug-likeness (QED) is 0.457. The lowest BCUT2D eigenvalue weighted by Crippen LogP contribution is -2.11. The Morgan fingerprint density at radius 1 is 1.15 bits per heavy atom. The molecule has 1 unspecified atom stereocenters. The number of benzene rings is 2. The van der Waals surface area contributed by atoms with Gasteiger partial charge >= 0.3 is 0 Å². The lowest BCUT2D eigenvalue weighted by molar-refractivity contribution is -0.385. The fourth-order valence-electron chi connectivity index (χ4n) is 1.75. The van der Waals surface area contributed by atoms with Crippen molar-refractivity contribution in [2.75, 3.05) is 6.61 Å². The van der Waals surface area contributed by atoms with E-state index in [4.69, 9.17) is 9.47 Å². The largest absolute Gasteiger partial charge is 0.460 e. The molecule has 0 saturated heterocycles. The predicted molar refractivity (Wildman–Crippen MR) is 74.5 cm³/mol. The molecule has 0 bridgehead atoms. The van der Waals surface area contributed by atoms with E-state index in [1.54, 1.807) is 12.1 Å². The van der Waals surface area contributed by atoms with Crippen molar-refractivity contribution >= 4 is 5.69 Å². The molecule has 0 N–H and O–H groups in total. The Hall–Kier alpha value is -2.40. The van der Waals surface area contributed by atoms with Crippen molar-refractivity contribution in [3.05, 3.63) is 70.3 Å². The van der Waals surface area contributed by atoms with E-state index in [0.29, 0.717) is 12.4 Å². The van der Waals surface area contributed by atoms with Crippen molar-refractivity contribution < 1.29 is 14.4 Å². The van der Waals surface area contributed by atoms with E-state index < -0.39 is 11.2 Å². The molecule has 0 radical (unpaired) electrons. The van der Waals surface area contributed by atoms with E-state index >= 15 is 0 Å². The van der Waals surface area contributed by atoms with Crippen molar-refractivity contribution in [2.24, 2.45) is 0 Å². The summed E-state index contributed by atoms with van der Waals surface area (Å²) in [6.45, 7) is 2.35. The molecule has 104 valence electrons. The Kier molecular flexibility index (Phi) is 4.68. The number of non-ortho nitro benzene ring substituents is 1. The summed E-state index contributed by atoms with van der Waals surface area (Å²) >= 11 is 0. The number of nitro groups is 1. The van der Waals surface area contributed by atoms with Crippen LogP contribution in [0.15, 0.2) is 54.6 Å². The van der Waals surface area contributed by atoms with E-state index in [2.05, 4.69) is 0 Å². The van der Waals surface area contributed by atoms with Gasteiger partial charge < -0.3 is 9.47 Å². The maximum absolute atomic E-state index is 10.8. The first-order valence-electron chi connectivity index (χ1n) is 6.28. The third kappa shape index (κ3) is 3.55. The SMILES string of the molecule is CCOC(Oc1cccc([N+](=O)[O-])c1)c1ccccc1. The van der Waals surface area contributed by atoms with Crippen molar-refractivity contribution in [3.8, 4) is 5.75 Å². The number of ether oxygens (including phenoxy) is 2. The van der Waals surface area contributed by atoms with Crippen LogP contribution in [-0.2, 0) is 4.74 Å². The minimum atomic E-state index is -0.580. The van der Waals surface area contributed by atoms with Gasteiger partial charge in [0.15, 0.2) is 0 Å². The van der Waals surface area contributed by atoms with Gasteiger partial charge in [-0.1, -0.05) is 36.4 Å². The lowest BCUT2D eigenvalue weighted by atomic mass is 10.2. The summed E-state index contributed by atoms with van der Waals surface area (Å²) in [5.74, 6) is 0.404. The highest BCUT2D eigenvalue weighted by Gasteiger charge is 2.14. The maximum atomic E-state index is 10.8. The van der Waals surface area contributed by atoms with Crippen LogP contribution in [-0.4, -0.2) is 11.5 Å². The van der Waals surface area contributed by atoms with E-state index in [0.717, 1.165) is 5.56 Å². The molecule has 1 atom stereocenters. The van der Waals surface area contributed by atoms with Crippen LogP contribution in [0.25, 0.3) is 0 Å². The average molecular weight is 273 g/mol. The van der Waals surface area contributed by atoms with Gasteiger partial charge in [0.2, 0.25) is 6.29 Å². The molecule has 2 aromatic rings. The fraction of sp³-hybridized carbons (Fsp3) is 0.200. The number of hydrogen-bond donors (Lipinski definition) is 0. The zero-order valence-corrected chi connectivity index (χ0v) is 11.1. The van der Waals surface area contributed by atoms with Crippen molar-refractivity contribution in [1.82, 2.24) is 0 Å². The Labute approximate surface area is 116 Å². The average Bonchev–Trinajstić information content (AvgIpc) is 2.48. The molecule has 0 heterocycles. The molecule has 0 fully saturated rings. The molecule has 2 rings (SSSR count). The van der Waals surface area contributed by atoms with Gasteiger partial charge in [-0.15, -0.1) is 0 Å². The van der Waals surface area contributed by atoms with E-state index in [1.807, 2.05) is 37.3 Å². The zero-order chi connectivity index (χ0) is 14.4. The summed E-state index contributed by atoms with van der Waals surface area (Å²) in [6, 6.07) is 15.5. The van der Waals surface area contributed by atoms with E-state index in [-0.39, 0.29) is 5.69 Å². The Morgan fingerprint density at radius 3 is 2.55 bits per heavy atom. The van der Waals surface area contributed by atoms with Crippen molar-refractivity contribution in [3.63, 3.8) is 0 Å². The predicted octanol–water partition coefficient (Wildman–Crippen LogP) is 3.71. The molecule has 0 spiro atoms. The molecule has 0 aromatic heterocycles. The van der Waals surface area contributed by atoms with Gasteiger partial charge in [-0.25, -0.2) is 0 Å². The molecule has 0 aliphatic rings. The van der Waals surface area contributed by atoms with Crippen LogP contribution in [0.1, 0.15) is 18.8 Å². The molecular formula is C15H15NO4. The standard InChI is InChI=1S/C15H15NO4/c1-2-19-15(12-7-4-3-5-8-12)20-14-10-6-9-13(11-14)16(17)18/h3-11,15H,2H2,1H3. The summed E-state index contributed by atoms with van der Waals surface area (Å²) in [6.07, 6.45) is -0.580. The van der Waals surface area contributed by atoms with Crippen LogP contribution in [0, 0.1) is 10.1 Å². The molecule has 0 saturated carbocycles. The second kappa shape index (κ2) is 6.68. The molecule has 5 heteroatoms. The van der Waals surface area contributed by atoms with Crippen LogP contribution < -0.4 is 4.74 Å². The second-order valence-electron chi connectivity index (χ2n) is 4.07. The van der Waals surface area contributed by atoms with Crippen LogP contribution in [0.3, 0.4) is 0 Å². The minimum absolute atomic E-state index is 0.00851. The smallest absolute Gasteiger partial charge is 0.273 e. The summed E-state index contributed by atoms with van der Waals surface area (Å²) in [4.78, 5) is 10.3. The molecule has 0 aliphatic carbocycles. The highest BCUT2D eigenvalue weighted by Crippen LogP contribution is 2.26. The van der Waals surface area contributed by atoms with Gasteiger partial charge in [0.05, 0.1) is 11.0 Å². The minimum Gasteiger partial charge on any atom is -0.460 e. The zero-order valence-electron chi connectivity index (χ0n) is 11.1. The highest BCUT2D eigenvalue weighted by molar-refractivity contribution is 5.38. The molecule has 2 aromatic carbocycles. The third-order valence-electron chi connectivity index (χ3n) is 2.66. The molecule has 5 nitrogen and oxygen atoms in total. The second-order valence-corrected chi connectivity index (χ2v) is 4.07. The number of rotatable bonds is 6. The van der Waals surface area contributed by atoms with Gasteiger partial charge in [0.1, 0.15) is 5.75 Å². The number of nitrogens with zero attached hydrogens (tertiary/aromatic N) is 1. The molecular weight excluding hydrogens is 258 g/mol. The summed E-state index contributed by atoms with van der Waals surface area (Å²) in [7, 11) is 0. The van der Waals surface area contributed by atoms with Crippen LogP contribution in [0.2, 0.25) is 0 Å². The first kappa shape index (κ1) is 14.0. The summed E-state index contributed by atoms with van der Waals surface area (Å²) < 4.78 is 11.2. The van der Waals surface area contributed by atoms with Crippen molar-refractivity contribution in [1.29, 1.82) is 0 Å². The topological polar surface area (TPSA) is 61.6 Å². The lowest BCUT2D eigenvalue weighted by Gasteiger charge is -2.19. The van der Waals surface area contributed by atoms with Gasteiger partial charge in [0.25, 0.3) is 5.69 Å². The molecule has 20 heavy (non-hydrogen) atoms. The summed E-state index contributed by atoms with van der Waals surface area (Å²) in [5, 5.41) is 10.8. The third-order valence-corrected chi connectivity index (χ3v) is 2.66. The van der Waals surface area contributed by atoms with E-state index in [1.165, 1.54) is 12.1 Å².